The Hall–Kier alpha value is -2.32. The zero-order chi connectivity index (χ0) is 37.7. The van der Waals surface area contributed by atoms with Crippen LogP contribution in [0.15, 0.2) is 85.1 Å². The normalized spacial score (nSPS) is 14.9. The molecule has 0 spiro atoms. The Morgan fingerprint density at radius 1 is 0.627 bits per heavy atom. The second-order valence-corrected chi connectivity index (χ2v) is 15.0. The Labute approximate surface area is 312 Å². The summed E-state index contributed by atoms with van der Waals surface area (Å²) in [6.45, 7) is 5.33. The summed E-state index contributed by atoms with van der Waals surface area (Å²) in [5, 5.41) is 0. The molecule has 2 unspecified atom stereocenters. The molecule has 0 aromatic carbocycles. The molecule has 0 rings (SSSR count). The minimum Gasteiger partial charge on any atom is -0.457 e. The van der Waals surface area contributed by atoms with Gasteiger partial charge in [-0.05, 0) is 64.2 Å². The predicted octanol–water partition coefficient (Wildman–Crippen LogP) is 10.9. The molecule has 0 amide bonds. The van der Waals surface area contributed by atoms with E-state index < -0.39 is 13.9 Å². The Bertz CT molecular complexity index is 1090. The van der Waals surface area contributed by atoms with E-state index in [9.17, 15) is 14.3 Å². The number of quaternary nitrogens is 1. The molecular weight excluding hydrogens is 661 g/mol. The van der Waals surface area contributed by atoms with Crippen molar-refractivity contribution in [2.45, 2.75) is 123 Å². The molecule has 2 atom stereocenters. The van der Waals surface area contributed by atoms with E-state index in [-0.39, 0.29) is 32.2 Å². The zero-order valence-corrected chi connectivity index (χ0v) is 33.7. The molecule has 0 saturated heterocycles. The van der Waals surface area contributed by atoms with Crippen LogP contribution in [0.2, 0.25) is 0 Å². The number of phosphoric ester groups is 1. The molecular formula is C42H73NO7P+. The largest absolute Gasteiger partial charge is 0.472 e. The van der Waals surface area contributed by atoms with Gasteiger partial charge in [-0.1, -0.05) is 131 Å². The summed E-state index contributed by atoms with van der Waals surface area (Å²) >= 11 is 0. The van der Waals surface area contributed by atoms with E-state index in [1.54, 1.807) is 0 Å². The van der Waals surface area contributed by atoms with Crippen molar-refractivity contribution in [1.29, 1.82) is 0 Å². The van der Waals surface area contributed by atoms with Crippen molar-refractivity contribution in [3.8, 4) is 0 Å². The third-order valence-corrected chi connectivity index (χ3v) is 8.46. The number of ether oxygens (including phenoxy) is 2. The van der Waals surface area contributed by atoms with Gasteiger partial charge in [0.1, 0.15) is 19.3 Å². The third kappa shape index (κ3) is 38.7. The molecule has 0 bridgehead atoms. The predicted molar refractivity (Wildman–Crippen MR) is 215 cm³/mol. The van der Waals surface area contributed by atoms with Gasteiger partial charge in [0.15, 0.2) is 0 Å². The van der Waals surface area contributed by atoms with E-state index >= 15 is 0 Å². The van der Waals surface area contributed by atoms with Crippen LogP contribution in [-0.4, -0.2) is 75.6 Å². The molecule has 292 valence electrons. The standard InChI is InChI=1S/C42H72NO7P/c1-6-8-10-12-14-15-16-17-18-19-20-21-22-23-24-25-26-27-28-29-30-31-33-35-42(44)50-41(39-47-37-34-32-13-11-9-7-2)40-49-51(45,46)48-38-36-43(3,4)5/h8,10,14-15,17-18,20-21,23-24,26-27,29-30,41H,6-7,9,11-13,16,19,22,25,28,31-40H2,1-5H3/p+1/b10-8-,15-14-,18-17-,21-20-,24-23-,27-26-,30-29-. The first-order valence-corrected chi connectivity index (χ1v) is 20.8. The highest BCUT2D eigenvalue weighted by Gasteiger charge is 2.26. The molecule has 0 saturated carbocycles. The van der Waals surface area contributed by atoms with Crippen molar-refractivity contribution in [1.82, 2.24) is 0 Å². The van der Waals surface area contributed by atoms with Gasteiger partial charge < -0.3 is 18.9 Å². The first-order valence-electron chi connectivity index (χ1n) is 19.3. The maximum Gasteiger partial charge on any atom is 0.472 e. The summed E-state index contributed by atoms with van der Waals surface area (Å²) in [6.07, 6.45) is 45.0. The monoisotopic (exact) mass is 735 g/mol. The highest BCUT2D eigenvalue weighted by Crippen LogP contribution is 2.43. The van der Waals surface area contributed by atoms with Gasteiger partial charge in [0, 0.05) is 13.0 Å². The number of carbonyl (C=O) groups is 1. The van der Waals surface area contributed by atoms with E-state index in [2.05, 4.69) is 98.9 Å². The smallest absolute Gasteiger partial charge is 0.457 e. The summed E-state index contributed by atoms with van der Waals surface area (Å²) in [6, 6.07) is 0. The Morgan fingerprint density at radius 2 is 1.12 bits per heavy atom. The summed E-state index contributed by atoms with van der Waals surface area (Å²) in [5.41, 5.74) is 0. The lowest BCUT2D eigenvalue weighted by Crippen LogP contribution is -2.37. The lowest BCUT2D eigenvalue weighted by molar-refractivity contribution is -0.870. The summed E-state index contributed by atoms with van der Waals surface area (Å²) in [4.78, 5) is 22.7. The van der Waals surface area contributed by atoms with Gasteiger partial charge >= 0.3 is 13.8 Å². The van der Waals surface area contributed by atoms with Crippen LogP contribution >= 0.6 is 7.82 Å². The molecule has 0 aliphatic heterocycles. The molecule has 0 aliphatic rings. The minimum absolute atomic E-state index is 0.0733. The molecule has 0 radical (unpaired) electrons. The number of nitrogens with zero attached hydrogens (tertiary/aromatic N) is 1. The number of hydrogen-bond acceptors (Lipinski definition) is 6. The van der Waals surface area contributed by atoms with Crippen LogP contribution in [-0.2, 0) is 27.9 Å². The number of unbranched alkanes of at least 4 members (excludes halogenated alkanes) is 6. The van der Waals surface area contributed by atoms with Crippen LogP contribution in [0.5, 0.6) is 0 Å². The second-order valence-electron chi connectivity index (χ2n) is 13.6. The van der Waals surface area contributed by atoms with Crippen LogP contribution in [0, 0.1) is 0 Å². The van der Waals surface area contributed by atoms with Gasteiger partial charge in [0.25, 0.3) is 0 Å². The van der Waals surface area contributed by atoms with E-state index in [4.69, 9.17) is 18.5 Å². The lowest BCUT2D eigenvalue weighted by Gasteiger charge is -2.24. The fourth-order valence-electron chi connectivity index (χ4n) is 4.48. The maximum atomic E-state index is 12.6. The SMILES string of the molecule is CC/C=C\C/C=C\C/C=C\C/C=C\C/C=C\C/C=C\C/C=C\CCCC(=O)OC(COCCCCCCCC)COP(=O)(O)OCC[N+](C)(C)C. The van der Waals surface area contributed by atoms with E-state index in [0.29, 0.717) is 24.1 Å². The quantitative estimate of drug-likeness (QED) is 0.0231. The zero-order valence-electron chi connectivity index (χ0n) is 32.8. The topological polar surface area (TPSA) is 91.3 Å². The summed E-state index contributed by atoms with van der Waals surface area (Å²) < 4.78 is 34.6. The average molecular weight is 735 g/mol. The fourth-order valence-corrected chi connectivity index (χ4v) is 5.22. The fraction of sp³-hybridized carbons (Fsp3) is 0.643. The number of phosphoric acid groups is 1. The van der Waals surface area contributed by atoms with Crippen LogP contribution in [0.25, 0.3) is 0 Å². The number of likely N-dealkylation sites (N-methyl/N-ethyl adjacent to an activating group) is 1. The number of hydrogen-bond donors (Lipinski definition) is 1. The van der Waals surface area contributed by atoms with Crippen LogP contribution < -0.4 is 0 Å². The highest BCUT2D eigenvalue weighted by molar-refractivity contribution is 7.47. The molecule has 51 heavy (non-hydrogen) atoms. The number of carbonyl (C=O) groups excluding carboxylic acids is 1. The average Bonchev–Trinajstić information content (AvgIpc) is 3.08. The molecule has 0 fully saturated rings. The van der Waals surface area contributed by atoms with Gasteiger partial charge in [-0.2, -0.15) is 0 Å². The lowest BCUT2D eigenvalue weighted by atomic mass is 10.1. The summed E-state index contributed by atoms with van der Waals surface area (Å²) in [5.74, 6) is -0.379. The molecule has 1 N–H and O–H groups in total. The Kier molecular flexibility index (Phi) is 33.2. The van der Waals surface area contributed by atoms with Crippen molar-refractivity contribution >= 4 is 13.8 Å². The number of allylic oxidation sites excluding steroid dienone is 14. The van der Waals surface area contributed by atoms with Crippen LogP contribution in [0.4, 0.5) is 0 Å². The molecule has 9 heteroatoms. The first-order chi connectivity index (χ1) is 24.6. The van der Waals surface area contributed by atoms with Gasteiger partial charge in [-0.15, -0.1) is 0 Å². The molecule has 0 aliphatic carbocycles. The number of rotatable bonds is 34. The van der Waals surface area contributed by atoms with Crippen LogP contribution in [0.3, 0.4) is 0 Å². The van der Waals surface area contributed by atoms with Crippen molar-refractivity contribution in [2.24, 2.45) is 0 Å². The van der Waals surface area contributed by atoms with Crippen molar-refractivity contribution in [2.75, 3.05) is 54.1 Å². The summed E-state index contributed by atoms with van der Waals surface area (Å²) in [7, 11) is 1.61. The third-order valence-electron chi connectivity index (χ3n) is 7.47. The molecule has 0 aromatic heterocycles. The first kappa shape index (κ1) is 48.7. The van der Waals surface area contributed by atoms with Crippen molar-refractivity contribution < 1.29 is 37.3 Å². The van der Waals surface area contributed by atoms with Gasteiger partial charge in [-0.3, -0.25) is 13.8 Å². The van der Waals surface area contributed by atoms with Crippen molar-refractivity contribution in [3.05, 3.63) is 85.1 Å². The van der Waals surface area contributed by atoms with Crippen molar-refractivity contribution in [3.63, 3.8) is 0 Å². The minimum atomic E-state index is -4.28. The van der Waals surface area contributed by atoms with E-state index in [1.807, 2.05) is 21.1 Å². The molecule has 0 aromatic rings. The Morgan fingerprint density at radius 3 is 1.63 bits per heavy atom. The number of esters is 1. The molecule has 0 heterocycles. The van der Waals surface area contributed by atoms with Gasteiger partial charge in [-0.25, -0.2) is 4.57 Å². The van der Waals surface area contributed by atoms with E-state index in [1.165, 1.54) is 25.7 Å². The van der Waals surface area contributed by atoms with E-state index in [0.717, 1.165) is 64.2 Å². The maximum absolute atomic E-state index is 12.6. The van der Waals surface area contributed by atoms with Crippen LogP contribution in [0.1, 0.15) is 117 Å². The second kappa shape index (κ2) is 34.7. The highest BCUT2D eigenvalue weighted by atomic mass is 31.2. The Balaban J connectivity index is 4.30. The molecule has 8 nitrogen and oxygen atoms in total. The van der Waals surface area contributed by atoms with Gasteiger partial charge in [0.2, 0.25) is 0 Å². The van der Waals surface area contributed by atoms with Gasteiger partial charge in [0.05, 0.1) is 34.4 Å².